The molecule has 1 aromatic rings. The summed E-state index contributed by atoms with van der Waals surface area (Å²) in [5.41, 5.74) is -1.40. The predicted octanol–water partition coefficient (Wildman–Crippen LogP) is 4.79. The molecular weight excluding hydrogens is 612 g/mol. The molecule has 3 unspecified atom stereocenters. The average Bonchev–Trinajstić information content (AvgIpc) is 3.23. The van der Waals surface area contributed by atoms with Gasteiger partial charge in [-0.1, -0.05) is 0 Å². The largest absolute Gasteiger partial charge is 0.374 e. The van der Waals surface area contributed by atoms with Crippen molar-refractivity contribution in [1.82, 2.24) is 14.2 Å². The van der Waals surface area contributed by atoms with Gasteiger partial charge in [0.05, 0.1) is 38.4 Å². The van der Waals surface area contributed by atoms with Crippen LogP contribution in [0.15, 0.2) is 21.9 Å². The van der Waals surface area contributed by atoms with Crippen LogP contribution >= 0.6 is 16.1 Å². The average molecular weight is 657 g/mol. The molecule has 0 spiro atoms. The van der Waals surface area contributed by atoms with E-state index in [1.165, 1.54) is 27.2 Å². The van der Waals surface area contributed by atoms with Crippen LogP contribution < -0.4 is 11.2 Å². The first kappa shape index (κ1) is 37.6. The van der Waals surface area contributed by atoms with Gasteiger partial charge in [-0.25, -0.2) is 18.2 Å². The van der Waals surface area contributed by atoms with Gasteiger partial charge in [0.1, 0.15) is 18.4 Å². The third-order valence-electron chi connectivity index (χ3n) is 6.43. The molecule has 0 bridgehead atoms. The SMILES string of the molecule is CCOP(=O)(CC(F)(F)CC[C@H]1O[C@@H](n2ccc(=O)[nH]c2=O)C(OC)C1OP(OCCC#N)N(C(C)C)C(C)C)OCC. The molecule has 1 aromatic heterocycles. The van der Waals surface area contributed by atoms with Gasteiger partial charge in [0.15, 0.2) is 6.23 Å². The lowest BCUT2D eigenvalue weighted by atomic mass is 10.0. The van der Waals surface area contributed by atoms with Gasteiger partial charge in [0.2, 0.25) is 0 Å². The van der Waals surface area contributed by atoms with E-state index in [2.05, 4.69) is 4.98 Å². The number of nitriles is 1. The standard InChI is InChI=1S/C26H44F2N4O9P2/c1-8-38-43(35,39-9-2)17-26(27,28)13-11-20-22(41-42(37-16-10-14-29)32(18(3)4)19(5)6)23(36-7)24(40-20)31-15-12-21(33)30-25(31)34/h12,15,18-20,22-24H,8-11,13,16-17H2,1-7H3,(H,30,33,34)/t20-,22?,23?,24-,42?/m1/s1. The summed E-state index contributed by atoms with van der Waals surface area (Å²) in [7, 11) is -4.54. The lowest BCUT2D eigenvalue weighted by molar-refractivity contribution is -0.0628. The molecule has 1 N–H and O–H groups in total. The zero-order valence-corrected chi connectivity index (χ0v) is 27.5. The number of aromatic nitrogens is 2. The number of alkyl halides is 2. The van der Waals surface area contributed by atoms with Crippen LogP contribution in [0.5, 0.6) is 0 Å². The van der Waals surface area contributed by atoms with Crippen LogP contribution in [0.25, 0.3) is 0 Å². The van der Waals surface area contributed by atoms with Crippen LogP contribution in [0, 0.1) is 11.3 Å². The van der Waals surface area contributed by atoms with E-state index in [1.54, 1.807) is 0 Å². The second-order valence-electron chi connectivity index (χ2n) is 10.4. The maximum atomic E-state index is 15.2. The second kappa shape index (κ2) is 17.2. The van der Waals surface area contributed by atoms with Gasteiger partial charge in [-0.3, -0.25) is 18.9 Å². The minimum atomic E-state index is -4.06. The molecule has 13 nitrogen and oxygen atoms in total. The van der Waals surface area contributed by atoms with E-state index in [-0.39, 0.29) is 44.7 Å². The van der Waals surface area contributed by atoms with Crippen molar-refractivity contribution in [2.75, 3.05) is 33.1 Å². The Hall–Kier alpha value is -1.59. The van der Waals surface area contributed by atoms with Gasteiger partial charge < -0.3 is 27.6 Å². The van der Waals surface area contributed by atoms with Crippen molar-refractivity contribution in [2.45, 2.75) is 103 Å². The van der Waals surface area contributed by atoms with E-state index in [9.17, 15) is 14.2 Å². The molecular formula is C26H44F2N4O9P2. The third-order valence-corrected chi connectivity index (χ3v) is 10.7. The Balaban J connectivity index is 2.46. The second-order valence-corrected chi connectivity index (χ2v) is 13.9. The van der Waals surface area contributed by atoms with Crippen LogP contribution in [-0.4, -0.2) is 83.6 Å². The van der Waals surface area contributed by atoms with Gasteiger partial charge in [-0.2, -0.15) is 5.26 Å². The highest BCUT2D eigenvalue weighted by molar-refractivity contribution is 7.53. The van der Waals surface area contributed by atoms with E-state index >= 15 is 8.78 Å². The highest BCUT2D eigenvalue weighted by atomic mass is 31.2. The fourth-order valence-corrected chi connectivity index (χ4v) is 8.34. The summed E-state index contributed by atoms with van der Waals surface area (Å²) in [5.74, 6) is -3.46. The summed E-state index contributed by atoms with van der Waals surface area (Å²) in [5, 5.41) is 9.06. The number of ether oxygens (including phenoxy) is 2. The Kier molecular flexibility index (Phi) is 15.0. The molecule has 1 aliphatic heterocycles. The molecule has 1 fully saturated rings. The summed E-state index contributed by atoms with van der Waals surface area (Å²) in [6.45, 7) is 10.8. The molecule has 0 saturated carbocycles. The maximum absolute atomic E-state index is 15.2. The Morgan fingerprint density at radius 3 is 2.33 bits per heavy atom. The number of nitrogens with one attached hydrogen (secondary N) is 1. The number of hydrogen-bond acceptors (Lipinski definition) is 11. The summed E-state index contributed by atoms with van der Waals surface area (Å²) in [6.07, 6.45) is -5.00. The van der Waals surface area contributed by atoms with Crippen LogP contribution in [0.1, 0.15) is 67.0 Å². The number of hydrogen-bond donors (Lipinski definition) is 1. The zero-order chi connectivity index (χ0) is 32.4. The molecule has 2 heterocycles. The molecule has 43 heavy (non-hydrogen) atoms. The van der Waals surface area contributed by atoms with Crippen LogP contribution in [0.4, 0.5) is 8.78 Å². The molecule has 1 aliphatic rings. The monoisotopic (exact) mass is 656 g/mol. The number of nitrogens with zero attached hydrogens (tertiary/aromatic N) is 3. The minimum Gasteiger partial charge on any atom is -0.374 e. The van der Waals surface area contributed by atoms with Gasteiger partial charge in [0, 0.05) is 37.9 Å². The fourth-order valence-electron chi connectivity index (χ4n) is 4.81. The molecule has 1 saturated heterocycles. The lowest BCUT2D eigenvalue weighted by Gasteiger charge is -2.38. The van der Waals surface area contributed by atoms with Crippen molar-refractivity contribution < 1.29 is 40.9 Å². The lowest BCUT2D eigenvalue weighted by Crippen LogP contribution is -2.41. The number of methoxy groups -OCH3 is 1. The predicted molar refractivity (Wildman–Crippen MR) is 156 cm³/mol. The molecule has 0 radical (unpaired) electrons. The van der Waals surface area contributed by atoms with Crippen molar-refractivity contribution in [1.29, 1.82) is 5.26 Å². The van der Waals surface area contributed by atoms with Gasteiger partial charge in [-0.05, 0) is 48.0 Å². The molecule has 2 rings (SSSR count). The third kappa shape index (κ3) is 10.8. The molecule has 0 aliphatic carbocycles. The maximum Gasteiger partial charge on any atom is 0.336 e. The van der Waals surface area contributed by atoms with Gasteiger partial charge >= 0.3 is 13.3 Å². The number of halogens is 2. The Bertz CT molecular complexity index is 1190. The summed E-state index contributed by atoms with van der Waals surface area (Å²) in [4.78, 5) is 26.5. The fraction of sp³-hybridized carbons (Fsp3) is 0.808. The first-order valence-electron chi connectivity index (χ1n) is 14.2. The summed E-state index contributed by atoms with van der Waals surface area (Å²) in [6, 6.07) is 3.05. The van der Waals surface area contributed by atoms with E-state index in [0.717, 1.165) is 10.6 Å². The molecule has 17 heteroatoms. The smallest absolute Gasteiger partial charge is 0.336 e. The highest BCUT2D eigenvalue weighted by Crippen LogP contribution is 2.54. The van der Waals surface area contributed by atoms with Crippen molar-refractivity contribution in [3.8, 4) is 6.07 Å². The molecule has 0 amide bonds. The van der Waals surface area contributed by atoms with Gasteiger partial charge in [0.25, 0.3) is 20.0 Å². The quantitative estimate of drug-likeness (QED) is 0.161. The molecule has 5 atom stereocenters. The number of rotatable bonds is 19. The van der Waals surface area contributed by atoms with Crippen molar-refractivity contribution in [3.05, 3.63) is 33.1 Å². The number of aromatic amines is 1. The first-order valence-corrected chi connectivity index (χ1v) is 17.1. The highest BCUT2D eigenvalue weighted by Gasteiger charge is 2.51. The first-order chi connectivity index (χ1) is 20.2. The van der Waals surface area contributed by atoms with Crippen LogP contribution in [0.3, 0.4) is 0 Å². The normalized spacial score (nSPS) is 22.0. The van der Waals surface area contributed by atoms with Crippen molar-refractivity contribution >= 4 is 16.1 Å². The van der Waals surface area contributed by atoms with Crippen molar-refractivity contribution in [3.63, 3.8) is 0 Å². The van der Waals surface area contributed by atoms with Crippen LogP contribution in [-0.2, 0) is 32.1 Å². The Morgan fingerprint density at radius 1 is 1.19 bits per heavy atom. The molecule has 246 valence electrons. The molecule has 0 aromatic carbocycles. The summed E-state index contributed by atoms with van der Waals surface area (Å²) < 4.78 is 80.9. The van der Waals surface area contributed by atoms with Crippen LogP contribution in [0.2, 0.25) is 0 Å². The summed E-state index contributed by atoms with van der Waals surface area (Å²) >= 11 is 0. The minimum absolute atomic E-state index is 0.0526. The van der Waals surface area contributed by atoms with E-state index in [0.29, 0.717) is 0 Å². The van der Waals surface area contributed by atoms with E-state index in [4.69, 9.17) is 32.8 Å². The van der Waals surface area contributed by atoms with E-state index < -0.39 is 70.4 Å². The topological polar surface area (TPSA) is 154 Å². The number of H-pyrrole nitrogens is 1. The Labute approximate surface area is 252 Å². The van der Waals surface area contributed by atoms with Gasteiger partial charge in [-0.15, -0.1) is 0 Å². The zero-order valence-electron chi connectivity index (χ0n) is 25.7. The van der Waals surface area contributed by atoms with Crippen molar-refractivity contribution in [2.24, 2.45) is 0 Å². The Morgan fingerprint density at radius 2 is 1.81 bits per heavy atom. The van der Waals surface area contributed by atoms with E-state index in [1.807, 2.05) is 38.4 Å².